The molecule has 2 heterocycles. The van der Waals surface area contributed by atoms with E-state index in [2.05, 4.69) is 49.8 Å². The second kappa shape index (κ2) is 10.7. The number of nitrogens with zero attached hydrogens (tertiary/aromatic N) is 3. The van der Waals surface area contributed by atoms with E-state index in [1.807, 2.05) is 30.5 Å². The van der Waals surface area contributed by atoms with Crippen molar-refractivity contribution in [3.8, 4) is 0 Å². The molecule has 0 unspecified atom stereocenters. The van der Waals surface area contributed by atoms with Crippen molar-refractivity contribution in [2.24, 2.45) is 0 Å². The summed E-state index contributed by atoms with van der Waals surface area (Å²) in [6.07, 6.45) is 10.3. The summed E-state index contributed by atoms with van der Waals surface area (Å²) in [5.74, 6) is 0.390. The molecule has 35 heavy (non-hydrogen) atoms. The first kappa shape index (κ1) is 23.0. The number of allylic oxidation sites excluding steroid dienone is 1. The van der Waals surface area contributed by atoms with Crippen molar-refractivity contribution >= 4 is 40.0 Å². The fourth-order valence-corrected chi connectivity index (χ4v) is 4.91. The topological polar surface area (TPSA) is 94.0 Å². The van der Waals surface area contributed by atoms with Gasteiger partial charge in [-0.05, 0) is 56.0 Å². The highest BCUT2D eigenvalue weighted by molar-refractivity contribution is 6.07. The Bertz CT molecular complexity index is 1220. The van der Waals surface area contributed by atoms with Crippen LogP contribution in [-0.4, -0.2) is 47.1 Å². The van der Waals surface area contributed by atoms with E-state index in [1.54, 1.807) is 6.20 Å². The van der Waals surface area contributed by atoms with Crippen molar-refractivity contribution in [3.63, 3.8) is 0 Å². The number of hydrogen-bond donors (Lipinski definition) is 3. The molecule has 0 radical (unpaired) electrons. The number of hydrogen-bond acceptors (Lipinski definition) is 7. The number of Topliss-reactive ketones (excluding diaryl/α,β-unsaturated/α-hetero) is 1. The molecule has 1 saturated carbocycles. The molecule has 1 aliphatic carbocycles. The van der Waals surface area contributed by atoms with E-state index >= 15 is 0 Å². The number of fused-ring (bicyclic) bond motifs is 1. The molecule has 180 valence electrons. The van der Waals surface area contributed by atoms with E-state index in [0.29, 0.717) is 36.4 Å². The van der Waals surface area contributed by atoms with Crippen LogP contribution < -0.4 is 15.5 Å². The highest BCUT2D eigenvalue weighted by Crippen LogP contribution is 2.26. The van der Waals surface area contributed by atoms with Gasteiger partial charge in [0.2, 0.25) is 0 Å². The van der Waals surface area contributed by atoms with Gasteiger partial charge in [0.05, 0.1) is 22.9 Å². The molecule has 0 spiro atoms. The van der Waals surface area contributed by atoms with Crippen LogP contribution >= 0.6 is 0 Å². The van der Waals surface area contributed by atoms with Gasteiger partial charge in [0, 0.05) is 67.4 Å². The Hall–Kier alpha value is -3.74. The number of anilines is 2. The molecular weight excluding hydrogens is 436 g/mol. The first-order chi connectivity index (χ1) is 17.2. The van der Waals surface area contributed by atoms with Crippen LogP contribution in [0.5, 0.6) is 0 Å². The number of carbonyl (C=O) groups excluding carboxylic acids is 1. The number of benzene rings is 2. The number of carbonyl (C=O) groups is 1. The van der Waals surface area contributed by atoms with E-state index < -0.39 is 0 Å². The van der Waals surface area contributed by atoms with Gasteiger partial charge in [0.25, 0.3) is 0 Å². The van der Waals surface area contributed by atoms with Crippen LogP contribution in [0.2, 0.25) is 0 Å². The molecule has 7 nitrogen and oxygen atoms in total. The minimum Gasteiger partial charge on any atom is -0.387 e. The Morgan fingerprint density at radius 3 is 2.51 bits per heavy atom. The Kier molecular flexibility index (Phi) is 7.02. The van der Waals surface area contributed by atoms with Gasteiger partial charge < -0.3 is 20.9 Å². The second-order valence-electron chi connectivity index (χ2n) is 9.42. The summed E-state index contributed by atoms with van der Waals surface area (Å²) in [4.78, 5) is 23.1. The average molecular weight is 469 g/mol. The Balaban J connectivity index is 1.17. The number of aromatic nitrogens is 2. The molecule has 0 atom stereocenters. The minimum absolute atomic E-state index is 0.357. The van der Waals surface area contributed by atoms with Crippen LogP contribution in [0.3, 0.4) is 0 Å². The number of nitrogens with one attached hydrogen (secondary N) is 3. The lowest BCUT2D eigenvalue weighted by Gasteiger charge is -2.34. The van der Waals surface area contributed by atoms with Gasteiger partial charge in [0.1, 0.15) is 5.78 Å². The van der Waals surface area contributed by atoms with E-state index in [-0.39, 0.29) is 0 Å². The second-order valence-corrected chi connectivity index (χ2v) is 9.42. The minimum atomic E-state index is 0.357. The van der Waals surface area contributed by atoms with Gasteiger partial charge in [-0.1, -0.05) is 18.2 Å². The predicted molar refractivity (Wildman–Crippen MR) is 142 cm³/mol. The zero-order valence-corrected chi connectivity index (χ0v) is 19.9. The Morgan fingerprint density at radius 1 is 0.971 bits per heavy atom. The van der Waals surface area contributed by atoms with Gasteiger partial charge in [-0.15, -0.1) is 0 Å². The van der Waals surface area contributed by atoms with E-state index in [1.165, 1.54) is 11.9 Å². The van der Waals surface area contributed by atoms with Gasteiger partial charge in [-0.25, -0.2) is 4.98 Å². The van der Waals surface area contributed by atoms with E-state index in [9.17, 15) is 4.79 Å². The molecule has 2 aliphatic rings. The average Bonchev–Trinajstić information content (AvgIpc) is 2.91. The largest absolute Gasteiger partial charge is 0.387 e. The maximum atomic E-state index is 11.5. The van der Waals surface area contributed by atoms with Crippen molar-refractivity contribution in [3.05, 3.63) is 66.6 Å². The van der Waals surface area contributed by atoms with Crippen molar-refractivity contribution in [1.29, 1.82) is 5.41 Å². The maximum Gasteiger partial charge on any atom is 0.133 e. The van der Waals surface area contributed by atoms with E-state index in [4.69, 9.17) is 5.41 Å². The van der Waals surface area contributed by atoms with Crippen LogP contribution in [0, 0.1) is 5.41 Å². The quantitative estimate of drug-likeness (QED) is 0.431. The van der Waals surface area contributed by atoms with Gasteiger partial charge in [-0.2, -0.15) is 0 Å². The summed E-state index contributed by atoms with van der Waals surface area (Å²) < 4.78 is 0. The summed E-state index contributed by atoms with van der Waals surface area (Å²) >= 11 is 0. The molecule has 5 rings (SSSR count). The van der Waals surface area contributed by atoms with Gasteiger partial charge in [-0.3, -0.25) is 9.78 Å². The first-order valence-electron chi connectivity index (χ1n) is 12.5. The normalized spacial score (nSPS) is 18.0. The lowest BCUT2D eigenvalue weighted by Crippen LogP contribution is -2.41. The molecule has 1 aromatic heterocycles. The lowest BCUT2D eigenvalue weighted by atomic mass is 9.94. The van der Waals surface area contributed by atoms with Crippen LogP contribution in [0.15, 0.2) is 60.9 Å². The standard InChI is InChI=1S/C28H32N6O/c29-17-20(28-19-31-26-6-1-2-7-27(26)33-28)18-30-21-12-14-34(15-13-21)24-5-3-4-23(16-24)32-22-8-10-25(35)11-9-22/h1-7,16-19,21-22,29-30,32H,8-15H2/b20-18+,29-17?. The molecule has 0 bridgehead atoms. The number of rotatable bonds is 7. The third-order valence-corrected chi connectivity index (χ3v) is 6.99. The Morgan fingerprint density at radius 2 is 1.74 bits per heavy atom. The molecule has 0 amide bonds. The molecule has 2 fully saturated rings. The van der Waals surface area contributed by atoms with E-state index in [0.717, 1.165) is 61.1 Å². The molecule has 3 aromatic rings. The predicted octanol–water partition coefficient (Wildman–Crippen LogP) is 4.80. The van der Waals surface area contributed by atoms with Crippen LogP contribution in [-0.2, 0) is 4.79 Å². The fourth-order valence-electron chi connectivity index (χ4n) is 4.91. The highest BCUT2D eigenvalue weighted by atomic mass is 16.1. The van der Waals surface area contributed by atoms with Crippen molar-refractivity contribution in [2.45, 2.75) is 50.6 Å². The summed E-state index contributed by atoms with van der Waals surface area (Å²) in [5, 5.41) is 15.0. The summed E-state index contributed by atoms with van der Waals surface area (Å²) in [6.45, 7) is 1.95. The monoisotopic (exact) mass is 468 g/mol. The van der Waals surface area contributed by atoms with Crippen molar-refractivity contribution < 1.29 is 4.79 Å². The fraction of sp³-hybridized carbons (Fsp3) is 0.357. The number of ketones is 1. The van der Waals surface area contributed by atoms with Crippen LogP contribution in [0.25, 0.3) is 16.6 Å². The third kappa shape index (κ3) is 5.67. The molecule has 1 saturated heterocycles. The zero-order valence-electron chi connectivity index (χ0n) is 19.9. The van der Waals surface area contributed by atoms with Crippen LogP contribution in [0.4, 0.5) is 11.4 Å². The smallest absolute Gasteiger partial charge is 0.133 e. The molecule has 3 N–H and O–H groups in total. The van der Waals surface area contributed by atoms with Crippen molar-refractivity contribution in [1.82, 2.24) is 15.3 Å². The van der Waals surface area contributed by atoms with Crippen molar-refractivity contribution in [2.75, 3.05) is 23.3 Å². The Labute approximate surface area is 206 Å². The third-order valence-electron chi connectivity index (χ3n) is 6.99. The SMILES string of the molecule is N=C/C(=C\NC1CCN(c2cccc(NC3CCC(=O)CC3)c2)CC1)c1cnc2ccccc2n1. The van der Waals surface area contributed by atoms with Crippen LogP contribution in [0.1, 0.15) is 44.2 Å². The zero-order chi connectivity index (χ0) is 24.0. The summed E-state index contributed by atoms with van der Waals surface area (Å²) in [7, 11) is 0. The number of piperidine rings is 1. The highest BCUT2D eigenvalue weighted by Gasteiger charge is 2.21. The maximum absolute atomic E-state index is 11.5. The lowest BCUT2D eigenvalue weighted by molar-refractivity contribution is -0.120. The summed E-state index contributed by atoms with van der Waals surface area (Å²) in [6, 6.07) is 17.2. The van der Waals surface area contributed by atoms with Gasteiger partial charge in [0.15, 0.2) is 0 Å². The molecule has 1 aliphatic heterocycles. The molecule has 7 heteroatoms. The molecule has 2 aromatic carbocycles. The number of para-hydroxylation sites is 2. The first-order valence-corrected chi connectivity index (χ1v) is 12.5. The molecular formula is C28H32N6O. The van der Waals surface area contributed by atoms with Gasteiger partial charge >= 0.3 is 0 Å². The summed E-state index contributed by atoms with van der Waals surface area (Å²) in [5.41, 5.74) is 5.50.